The number of carbonyl (C=O) groups excluding carboxylic acids is 1. The van der Waals surface area contributed by atoms with E-state index < -0.39 is 15.6 Å². The fourth-order valence-corrected chi connectivity index (χ4v) is 8.87. The monoisotopic (exact) mass is 571 g/mol. The zero-order chi connectivity index (χ0) is 27.8. The van der Waals surface area contributed by atoms with Crippen LogP contribution in [-0.2, 0) is 28.2 Å². The number of nitrogens with zero attached hydrogens (tertiary/aromatic N) is 1. The highest BCUT2D eigenvalue weighted by Gasteiger charge is 2.28. The number of hydrogen-bond acceptors (Lipinski definition) is 5. The minimum atomic E-state index is -3.70. The predicted octanol–water partition coefficient (Wildman–Crippen LogP) is 6.02. The molecule has 0 atom stereocenters. The summed E-state index contributed by atoms with van der Waals surface area (Å²) in [6.07, 6.45) is 8.78. The first kappa shape index (κ1) is 28.3. The Morgan fingerprint density at radius 1 is 1.05 bits per heavy atom. The van der Waals surface area contributed by atoms with Crippen molar-refractivity contribution in [3.63, 3.8) is 0 Å². The molecule has 39 heavy (non-hydrogen) atoms. The van der Waals surface area contributed by atoms with Crippen LogP contribution in [-0.4, -0.2) is 43.7 Å². The van der Waals surface area contributed by atoms with Gasteiger partial charge in [0.25, 0.3) is 5.91 Å². The van der Waals surface area contributed by atoms with Gasteiger partial charge in [0.15, 0.2) is 0 Å². The van der Waals surface area contributed by atoms with Crippen molar-refractivity contribution in [3.8, 4) is 11.1 Å². The van der Waals surface area contributed by atoms with Crippen molar-refractivity contribution in [2.24, 2.45) is 13.0 Å². The Hall–Kier alpha value is -2.20. The fourth-order valence-electron chi connectivity index (χ4n) is 6.05. The number of hydrogen-bond donors (Lipinski definition) is 2. The van der Waals surface area contributed by atoms with E-state index in [4.69, 9.17) is 4.74 Å². The molecular formula is C30H41N3O4S2. The van der Waals surface area contributed by atoms with Crippen LogP contribution in [0.3, 0.4) is 0 Å². The number of rotatable bonds is 7. The molecule has 1 saturated carbocycles. The van der Waals surface area contributed by atoms with E-state index in [1.807, 2.05) is 51.4 Å². The average Bonchev–Trinajstić information content (AvgIpc) is 3.49. The Balaban J connectivity index is 1.57. The van der Waals surface area contributed by atoms with Crippen molar-refractivity contribution in [1.29, 1.82) is 0 Å². The molecule has 5 rings (SSSR count). The molecule has 7 nitrogen and oxygen atoms in total. The number of nitrogens with one attached hydrogen (secondary N) is 2. The quantitative estimate of drug-likeness (QED) is 0.363. The molecule has 2 aromatic heterocycles. The van der Waals surface area contributed by atoms with Crippen molar-refractivity contribution in [2.75, 3.05) is 13.2 Å². The van der Waals surface area contributed by atoms with Crippen LogP contribution in [0.5, 0.6) is 0 Å². The highest BCUT2D eigenvalue weighted by atomic mass is 32.2. The summed E-state index contributed by atoms with van der Waals surface area (Å²) in [5.74, 6) is 0.529. The van der Waals surface area contributed by atoms with Gasteiger partial charge < -0.3 is 14.6 Å². The molecule has 1 aliphatic heterocycles. The molecule has 1 aliphatic carbocycles. The molecule has 2 N–H and O–H groups in total. The van der Waals surface area contributed by atoms with Crippen LogP contribution >= 0.6 is 11.3 Å². The number of benzene rings is 1. The number of ether oxygens (including phenoxy) is 1. The predicted molar refractivity (Wildman–Crippen MR) is 158 cm³/mol. The Morgan fingerprint density at radius 2 is 1.77 bits per heavy atom. The van der Waals surface area contributed by atoms with Crippen molar-refractivity contribution >= 4 is 37.4 Å². The van der Waals surface area contributed by atoms with E-state index in [1.165, 1.54) is 43.4 Å². The van der Waals surface area contributed by atoms with Gasteiger partial charge in [-0.3, -0.25) is 4.79 Å². The van der Waals surface area contributed by atoms with Gasteiger partial charge in [-0.25, -0.2) is 13.1 Å². The molecule has 0 radical (unpaired) electrons. The minimum absolute atomic E-state index is 0.0596. The lowest BCUT2D eigenvalue weighted by atomic mass is 9.85. The maximum absolute atomic E-state index is 13.5. The second kappa shape index (κ2) is 11.4. The molecule has 3 heterocycles. The topological polar surface area (TPSA) is 89.4 Å². The molecule has 0 unspecified atom stereocenters. The molecule has 2 fully saturated rings. The van der Waals surface area contributed by atoms with Crippen molar-refractivity contribution < 1.29 is 17.9 Å². The fraction of sp³-hybridized carbons (Fsp3) is 0.567. The van der Waals surface area contributed by atoms with Crippen molar-refractivity contribution in [3.05, 3.63) is 41.0 Å². The zero-order valence-corrected chi connectivity index (χ0v) is 25.1. The summed E-state index contributed by atoms with van der Waals surface area (Å²) in [5.41, 5.74) is 3.22. The van der Waals surface area contributed by atoms with E-state index in [9.17, 15) is 13.2 Å². The first-order chi connectivity index (χ1) is 18.5. The summed E-state index contributed by atoms with van der Waals surface area (Å²) < 4.78 is 37.7. The maximum Gasteiger partial charge on any atom is 0.268 e. The lowest BCUT2D eigenvalue weighted by molar-refractivity contribution is 0.0692. The standard InChI is InChI=1S/C30H41N3O4S2/c1-30(2,3)32-39(35,36)27-11-10-22(23-14-17-38-28(23)27)24-19-26(29(34)31-21-12-15-37-16-13-21)33(4)25(24)18-20-8-6-5-7-9-20/h10-11,14,17,19-21,32H,5-9,12-13,15-16,18H2,1-4H3,(H,31,34). The lowest BCUT2D eigenvalue weighted by Gasteiger charge is -2.24. The number of aromatic nitrogens is 1. The average molecular weight is 572 g/mol. The van der Waals surface area contributed by atoms with Crippen molar-refractivity contribution in [2.45, 2.75) is 88.6 Å². The van der Waals surface area contributed by atoms with E-state index in [2.05, 4.69) is 14.6 Å². The van der Waals surface area contributed by atoms with Gasteiger partial charge in [-0.1, -0.05) is 38.2 Å². The third-order valence-electron chi connectivity index (χ3n) is 7.95. The number of carbonyl (C=O) groups is 1. The van der Waals surface area contributed by atoms with E-state index in [-0.39, 0.29) is 11.9 Å². The van der Waals surface area contributed by atoms with Crippen LogP contribution in [0.4, 0.5) is 0 Å². The van der Waals surface area contributed by atoms with E-state index in [1.54, 1.807) is 6.07 Å². The van der Waals surface area contributed by atoms with Gasteiger partial charge in [-0.05, 0) is 75.1 Å². The lowest BCUT2D eigenvalue weighted by Crippen LogP contribution is -2.40. The van der Waals surface area contributed by atoms with Gasteiger partial charge in [-0.15, -0.1) is 11.3 Å². The van der Waals surface area contributed by atoms with Crippen LogP contribution < -0.4 is 10.0 Å². The van der Waals surface area contributed by atoms with Gasteiger partial charge in [0.05, 0.1) is 9.60 Å². The minimum Gasteiger partial charge on any atom is -0.381 e. The van der Waals surface area contributed by atoms with E-state index in [0.29, 0.717) is 29.7 Å². The third kappa shape index (κ3) is 6.26. The number of fused-ring (bicyclic) bond motifs is 1. The van der Waals surface area contributed by atoms with E-state index in [0.717, 1.165) is 46.2 Å². The zero-order valence-electron chi connectivity index (χ0n) is 23.5. The highest BCUT2D eigenvalue weighted by Crippen LogP contribution is 2.40. The van der Waals surface area contributed by atoms with Crippen LogP contribution in [0.15, 0.2) is 34.5 Å². The summed E-state index contributed by atoms with van der Waals surface area (Å²) in [5, 5.41) is 6.09. The van der Waals surface area contributed by atoms with Crippen molar-refractivity contribution in [1.82, 2.24) is 14.6 Å². The Morgan fingerprint density at radius 3 is 2.46 bits per heavy atom. The second-order valence-corrected chi connectivity index (χ2v) is 14.7. The molecule has 1 amide bonds. The summed E-state index contributed by atoms with van der Waals surface area (Å²) in [6.45, 7) is 6.88. The maximum atomic E-state index is 13.5. The van der Waals surface area contributed by atoms with Gasteiger partial charge in [0.2, 0.25) is 10.0 Å². The van der Waals surface area contributed by atoms with Gasteiger partial charge >= 0.3 is 0 Å². The number of thiophene rings is 1. The number of sulfonamides is 1. The molecule has 2 aliphatic rings. The normalized spacial score (nSPS) is 18.1. The summed E-state index contributed by atoms with van der Waals surface area (Å²) in [7, 11) is -1.70. The summed E-state index contributed by atoms with van der Waals surface area (Å²) >= 11 is 1.44. The molecule has 1 saturated heterocycles. The Kier molecular flexibility index (Phi) is 8.25. The Labute approximate surface area is 236 Å². The van der Waals surface area contributed by atoms with E-state index >= 15 is 0 Å². The Bertz CT molecular complexity index is 1440. The first-order valence-corrected chi connectivity index (χ1v) is 16.5. The van der Waals surface area contributed by atoms with Crippen LogP contribution in [0, 0.1) is 5.92 Å². The smallest absolute Gasteiger partial charge is 0.268 e. The third-order valence-corrected chi connectivity index (χ3v) is 10.8. The molecule has 0 spiro atoms. The summed E-state index contributed by atoms with van der Waals surface area (Å²) in [4.78, 5) is 13.8. The molecule has 212 valence electrons. The SMILES string of the molecule is Cn1c(C(=O)NC2CCOCC2)cc(-c2ccc(S(=O)(=O)NC(C)(C)C)c3sccc23)c1CC1CCCCC1. The van der Waals surface area contributed by atoms with Crippen LogP contribution in [0.25, 0.3) is 21.2 Å². The molecule has 0 bridgehead atoms. The molecular weight excluding hydrogens is 530 g/mol. The molecule has 9 heteroatoms. The van der Waals surface area contributed by atoms with Crippen LogP contribution in [0.1, 0.15) is 81.9 Å². The van der Waals surface area contributed by atoms with Gasteiger partial charge in [-0.2, -0.15) is 0 Å². The molecule has 3 aromatic rings. The van der Waals surface area contributed by atoms with Crippen LogP contribution in [0.2, 0.25) is 0 Å². The second-order valence-electron chi connectivity index (χ2n) is 12.1. The summed E-state index contributed by atoms with van der Waals surface area (Å²) in [6, 6.07) is 7.79. The first-order valence-electron chi connectivity index (χ1n) is 14.2. The number of amides is 1. The molecule has 1 aromatic carbocycles. The van der Waals surface area contributed by atoms with Gasteiger partial charge in [0, 0.05) is 48.5 Å². The highest BCUT2D eigenvalue weighted by molar-refractivity contribution is 7.90. The van der Waals surface area contributed by atoms with Gasteiger partial charge in [0.1, 0.15) is 5.69 Å². The largest absolute Gasteiger partial charge is 0.381 e.